The van der Waals surface area contributed by atoms with Crippen LogP contribution in [0.25, 0.3) is 0 Å². The number of benzene rings is 1. The predicted octanol–water partition coefficient (Wildman–Crippen LogP) is 3.83. The van der Waals surface area contributed by atoms with Gasteiger partial charge in [-0.15, -0.1) is 11.3 Å². The average Bonchev–Trinajstić information content (AvgIpc) is 2.67. The van der Waals surface area contributed by atoms with E-state index in [4.69, 9.17) is 10.7 Å². The Morgan fingerprint density at radius 1 is 1.12 bits per heavy atom. The molecule has 2 aromatic rings. The summed E-state index contributed by atoms with van der Waals surface area (Å²) in [7, 11) is 1.70. The molecule has 0 fully saturated rings. The van der Waals surface area contributed by atoms with E-state index in [1.54, 1.807) is 11.4 Å². The van der Waals surface area contributed by atoms with Crippen LogP contribution >= 0.6 is 33.8 Å². The van der Waals surface area contributed by atoms with Crippen molar-refractivity contribution in [2.75, 3.05) is 0 Å². The van der Waals surface area contributed by atoms with Crippen molar-refractivity contribution >= 4 is 42.8 Å². The fourth-order valence-electron chi connectivity index (χ4n) is 1.15. The molecule has 0 saturated heterocycles. The summed E-state index contributed by atoms with van der Waals surface area (Å²) in [6.45, 7) is 0. The molecular formula is C10H7ClO2S3. The molecule has 0 radical (unpaired) electrons. The minimum Gasteiger partial charge on any atom is -0.206 e. The number of thiophene rings is 1. The van der Waals surface area contributed by atoms with Crippen LogP contribution in [0.3, 0.4) is 0 Å². The number of hydrogen-bond donors (Lipinski definition) is 0. The summed E-state index contributed by atoms with van der Waals surface area (Å²) in [6, 6.07) is 11.3. The molecular weight excluding hydrogens is 284 g/mol. The fraction of sp³-hybridized carbons (Fsp3) is 0. The first-order valence-electron chi connectivity index (χ1n) is 4.32. The topological polar surface area (TPSA) is 34.1 Å². The van der Waals surface area contributed by atoms with Crippen molar-refractivity contribution in [3.05, 3.63) is 41.8 Å². The number of rotatable bonds is 3. The highest BCUT2D eigenvalue weighted by atomic mass is 35.7. The van der Waals surface area contributed by atoms with Crippen LogP contribution in [-0.2, 0) is 9.05 Å². The summed E-state index contributed by atoms with van der Waals surface area (Å²) in [4.78, 5) is 1.66. The minimum atomic E-state index is -3.64. The average molecular weight is 291 g/mol. The van der Waals surface area contributed by atoms with Crippen LogP contribution in [0.1, 0.15) is 0 Å². The molecule has 16 heavy (non-hydrogen) atoms. The Morgan fingerprint density at radius 3 is 2.44 bits per heavy atom. The van der Waals surface area contributed by atoms with Crippen molar-refractivity contribution in [2.24, 2.45) is 0 Å². The molecule has 0 aliphatic carbocycles. The molecule has 0 saturated carbocycles. The summed E-state index contributed by atoms with van der Waals surface area (Å²) in [6.07, 6.45) is 0. The Morgan fingerprint density at radius 2 is 1.81 bits per heavy atom. The van der Waals surface area contributed by atoms with E-state index in [0.717, 1.165) is 16.2 Å². The highest BCUT2D eigenvalue weighted by molar-refractivity contribution is 8.15. The Kier molecular flexibility index (Phi) is 3.59. The summed E-state index contributed by atoms with van der Waals surface area (Å²) < 4.78 is 22.7. The van der Waals surface area contributed by atoms with Crippen LogP contribution in [0.5, 0.6) is 0 Å². The lowest BCUT2D eigenvalue weighted by Crippen LogP contribution is -1.87. The predicted molar refractivity (Wildman–Crippen MR) is 67.9 cm³/mol. The maximum Gasteiger partial charge on any atom is 0.271 e. The lowest BCUT2D eigenvalue weighted by Gasteiger charge is -2.00. The second-order valence-corrected chi connectivity index (χ2v) is 7.72. The van der Waals surface area contributed by atoms with Gasteiger partial charge in [0.25, 0.3) is 9.05 Å². The van der Waals surface area contributed by atoms with Gasteiger partial charge < -0.3 is 0 Å². The zero-order valence-electron chi connectivity index (χ0n) is 7.96. The first-order chi connectivity index (χ1) is 7.57. The van der Waals surface area contributed by atoms with Gasteiger partial charge in [-0.2, -0.15) is 0 Å². The fourth-order valence-corrected chi connectivity index (χ4v) is 4.89. The van der Waals surface area contributed by atoms with Gasteiger partial charge >= 0.3 is 0 Å². The van der Waals surface area contributed by atoms with E-state index >= 15 is 0 Å². The molecule has 2 rings (SSSR count). The van der Waals surface area contributed by atoms with Gasteiger partial charge in [0.2, 0.25) is 0 Å². The first-order valence-corrected chi connectivity index (χ1v) is 8.33. The monoisotopic (exact) mass is 290 g/mol. The van der Waals surface area contributed by atoms with Gasteiger partial charge in [-0.25, -0.2) is 8.42 Å². The zero-order chi connectivity index (χ0) is 11.6. The first kappa shape index (κ1) is 12.0. The van der Waals surface area contributed by atoms with Crippen molar-refractivity contribution in [3.8, 4) is 0 Å². The normalized spacial score (nSPS) is 11.6. The van der Waals surface area contributed by atoms with E-state index in [0.29, 0.717) is 4.90 Å². The Bertz CT molecular complexity index is 575. The standard InChI is InChI=1S/C10H7ClO2S3/c11-16(12,13)10-9(6-7-14-10)15-8-4-2-1-3-5-8/h1-7H. The molecule has 2 nitrogen and oxygen atoms in total. The molecule has 0 spiro atoms. The Hall–Kier alpha value is -0.490. The molecule has 0 N–H and O–H groups in total. The molecule has 0 aliphatic rings. The second-order valence-electron chi connectivity index (χ2n) is 2.93. The van der Waals surface area contributed by atoms with Gasteiger partial charge in [-0.1, -0.05) is 30.0 Å². The Balaban J connectivity index is 2.34. The van der Waals surface area contributed by atoms with Crippen LogP contribution in [0.4, 0.5) is 0 Å². The van der Waals surface area contributed by atoms with E-state index in [-0.39, 0.29) is 4.21 Å². The lowest BCUT2D eigenvalue weighted by molar-refractivity contribution is 0.610. The molecule has 1 aromatic heterocycles. The molecule has 0 aliphatic heterocycles. The maximum absolute atomic E-state index is 11.3. The number of hydrogen-bond acceptors (Lipinski definition) is 4. The van der Waals surface area contributed by atoms with E-state index in [2.05, 4.69) is 0 Å². The zero-order valence-corrected chi connectivity index (χ0v) is 11.2. The van der Waals surface area contributed by atoms with E-state index in [9.17, 15) is 8.42 Å². The molecule has 1 aromatic carbocycles. The molecule has 6 heteroatoms. The largest absolute Gasteiger partial charge is 0.271 e. The summed E-state index contributed by atoms with van der Waals surface area (Å²) in [5, 5.41) is 1.72. The molecule has 0 atom stereocenters. The summed E-state index contributed by atoms with van der Waals surface area (Å²) in [5.74, 6) is 0. The lowest BCUT2D eigenvalue weighted by atomic mass is 10.4. The highest BCUT2D eigenvalue weighted by Gasteiger charge is 2.17. The molecule has 0 bridgehead atoms. The van der Waals surface area contributed by atoms with Crippen LogP contribution < -0.4 is 0 Å². The molecule has 84 valence electrons. The summed E-state index contributed by atoms with van der Waals surface area (Å²) in [5.41, 5.74) is 0. The van der Waals surface area contributed by atoms with Crippen molar-refractivity contribution in [3.63, 3.8) is 0 Å². The summed E-state index contributed by atoms with van der Waals surface area (Å²) >= 11 is 2.53. The third kappa shape index (κ3) is 2.79. The second kappa shape index (κ2) is 4.79. The van der Waals surface area contributed by atoms with Crippen molar-refractivity contribution in [1.29, 1.82) is 0 Å². The van der Waals surface area contributed by atoms with Crippen molar-refractivity contribution < 1.29 is 8.42 Å². The van der Waals surface area contributed by atoms with Crippen LogP contribution in [0, 0.1) is 0 Å². The van der Waals surface area contributed by atoms with Gasteiger partial charge in [0.1, 0.15) is 4.21 Å². The smallest absolute Gasteiger partial charge is 0.206 e. The van der Waals surface area contributed by atoms with Gasteiger partial charge in [0, 0.05) is 20.5 Å². The van der Waals surface area contributed by atoms with Crippen LogP contribution in [-0.4, -0.2) is 8.42 Å². The SMILES string of the molecule is O=S(=O)(Cl)c1sccc1Sc1ccccc1. The van der Waals surface area contributed by atoms with Gasteiger partial charge in [-0.3, -0.25) is 0 Å². The highest BCUT2D eigenvalue weighted by Crippen LogP contribution is 2.37. The minimum absolute atomic E-state index is 0.211. The van der Waals surface area contributed by atoms with Crippen LogP contribution in [0.2, 0.25) is 0 Å². The van der Waals surface area contributed by atoms with E-state index in [1.807, 2.05) is 30.3 Å². The molecule has 0 amide bonds. The van der Waals surface area contributed by atoms with Crippen molar-refractivity contribution in [2.45, 2.75) is 14.0 Å². The van der Waals surface area contributed by atoms with E-state index < -0.39 is 9.05 Å². The Labute approximate surface area is 107 Å². The maximum atomic E-state index is 11.3. The third-order valence-electron chi connectivity index (χ3n) is 1.79. The van der Waals surface area contributed by atoms with Gasteiger partial charge in [-0.05, 0) is 23.6 Å². The third-order valence-corrected chi connectivity index (χ3v) is 6.17. The van der Waals surface area contributed by atoms with E-state index in [1.165, 1.54) is 11.8 Å². The van der Waals surface area contributed by atoms with Crippen LogP contribution in [0.15, 0.2) is 55.8 Å². The molecule has 0 unspecified atom stereocenters. The molecule has 1 heterocycles. The van der Waals surface area contributed by atoms with Crippen molar-refractivity contribution in [1.82, 2.24) is 0 Å². The van der Waals surface area contributed by atoms with Gasteiger partial charge in [0.15, 0.2) is 0 Å². The van der Waals surface area contributed by atoms with Gasteiger partial charge in [0.05, 0.1) is 0 Å². The quantitative estimate of drug-likeness (QED) is 0.806. The number of halogens is 1.